The van der Waals surface area contributed by atoms with Gasteiger partial charge in [0.1, 0.15) is 11.5 Å². The van der Waals surface area contributed by atoms with Gasteiger partial charge in [-0.1, -0.05) is 12.8 Å². The van der Waals surface area contributed by atoms with Crippen LogP contribution in [0.25, 0.3) is 11.0 Å². The van der Waals surface area contributed by atoms with Crippen LogP contribution in [-0.4, -0.2) is 27.8 Å². The van der Waals surface area contributed by atoms with Crippen LogP contribution in [0.2, 0.25) is 0 Å². The van der Waals surface area contributed by atoms with E-state index in [4.69, 9.17) is 0 Å². The summed E-state index contributed by atoms with van der Waals surface area (Å²) in [4.78, 5) is 31.2. The van der Waals surface area contributed by atoms with Gasteiger partial charge in [0.05, 0.1) is 11.9 Å². The standard InChI is InChI=1S/C19H23FN4O2/c20-12-9-14-15(11-22-16(14)21-10-12)24-18(26)17(25)23-13-3-7-19(8-4-13)5-1-2-6-19/h9-11,13H,1-8H2,(H,21,22)(H,23,25)(H,24,26). The monoisotopic (exact) mass is 358 g/mol. The van der Waals surface area contributed by atoms with Gasteiger partial charge in [0.15, 0.2) is 0 Å². The predicted molar refractivity (Wildman–Crippen MR) is 96.0 cm³/mol. The molecule has 2 heterocycles. The number of carbonyl (C=O) groups excluding carboxylic acids is 2. The van der Waals surface area contributed by atoms with Gasteiger partial charge in [-0.25, -0.2) is 9.37 Å². The number of fused-ring (bicyclic) bond motifs is 1. The van der Waals surface area contributed by atoms with Crippen molar-refractivity contribution in [1.82, 2.24) is 15.3 Å². The summed E-state index contributed by atoms with van der Waals surface area (Å²) in [5, 5.41) is 5.82. The van der Waals surface area contributed by atoms with Crippen LogP contribution in [0.5, 0.6) is 0 Å². The van der Waals surface area contributed by atoms with E-state index < -0.39 is 17.6 Å². The fourth-order valence-corrected chi connectivity index (χ4v) is 4.51. The minimum absolute atomic E-state index is 0.0570. The van der Waals surface area contributed by atoms with Gasteiger partial charge in [0.2, 0.25) is 0 Å². The van der Waals surface area contributed by atoms with E-state index in [0.29, 0.717) is 22.1 Å². The van der Waals surface area contributed by atoms with Crippen LogP contribution in [0.15, 0.2) is 18.5 Å². The van der Waals surface area contributed by atoms with E-state index in [1.165, 1.54) is 37.9 Å². The smallest absolute Gasteiger partial charge is 0.313 e. The molecule has 0 radical (unpaired) electrons. The number of rotatable bonds is 2. The van der Waals surface area contributed by atoms with Gasteiger partial charge in [0, 0.05) is 17.6 Å². The van der Waals surface area contributed by atoms with Crippen molar-refractivity contribution in [2.45, 2.75) is 57.4 Å². The number of H-pyrrole nitrogens is 1. The Balaban J connectivity index is 1.34. The molecule has 0 atom stereocenters. The molecule has 2 aliphatic carbocycles. The van der Waals surface area contributed by atoms with Crippen LogP contribution in [0.4, 0.5) is 10.1 Å². The number of hydrogen-bond donors (Lipinski definition) is 3. The highest BCUT2D eigenvalue weighted by Crippen LogP contribution is 2.48. The van der Waals surface area contributed by atoms with E-state index in [9.17, 15) is 14.0 Å². The molecule has 1 spiro atoms. The molecule has 0 unspecified atom stereocenters. The van der Waals surface area contributed by atoms with Crippen LogP contribution in [0, 0.1) is 11.2 Å². The number of halogens is 1. The molecular formula is C19H23FN4O2. The average Bonchev–Trinajstić information content (AvgIpc) is 3.25. The molecule has 0 aliphatic heterocycles. The van der Waals surface area contributed by atoms with Crippen LogP contribution >= 0.6 is 0 Å². The highest BCUT2D eigenvalue weighted by atomic mass is 19.1. The lowest BCUT2D eigenvalue weighted by Crippen LogP contribution is -2.44. The van der Waals surface area contributed by atoms with Crippen LogP contribution in [0.1, 0.15) is 51.4 Å². The minimum Gasteiger partial charge on any atom is -0.345 e. The maximum atomic E-state index is 13.4. The van der Waals surface area contributed by atoms with Crippen molar-refractivity contribution >= 4 is 28.5 Å². The first-order valence-electron chi connectivity index (χ1n) is 9.29. The van der Waals surface area contributed by atoms with Gasteiger partial charge >= 0.3 is 11.8 Å². The van der Waals surface area contributed by atoms with E-state index in [1.54, 1.807) is 0 Å². The Morgan fingerprint density at radius 2 is 1.88 bits per heavy atom. The zero-order valence-corrected chi connectivity index (χ0v) is 14.6. The highest BCUT2D eigenvalue weighted by molar-refractivity contribution is 6.40. The van der Waals surface area contributed by atoms with E-state index in [-0.39, 0.29) is 6.04 Å². The Morgan fingerprint density at radius 3 is 2.62 bits per heavy atom. The number of carbonyl (C=O) groups is 2. The molecule has 6 nitrogen and oxygen atoms in total. The lowest BCUT2D eigenvalue weighted by Gasteiger charge is -2.37. The van der Waals surface area contributed by atoms with Crippen molar-refractivity contribution in [3.8, 4) is 0 Å². The van der Waals surface area contributed by atoms with Gasteiger partial charge in [-0.15, -0.1) is 0 Å². The van der Waals surface area contributed by atoms with Crippen molar-refractivity contribution < 1.29 is 14.0 Å². The van der Waals surface area contributed by atoms with Gasteiger partial charge in [-0.2, -0.15) is 0 Å². The summed E-state index contributed by atoms with van der Waals surface area (Å²) >= 11 is 0. The quantitative estimate of drug-likeness (QED) is 0.720. The Bertz CT molecular complexity index is 831. The van der Waals surface area contributed by atoms with Crippen LogP contribution < -0.4 is 10.6 Å². The number of nitrogens with one attached hydrogen (secondary N) is 3. The molecule has 2 aliphatic rings. The number of pyridine rings is 1. The Labute approximate surface area is 150 Å². The second kappa shape index (κ2) is 6.70. The first-order valence-corrected chi connectivity index (χ1v) is 9.29. The third kappa shape index (κ3) is 3.30. The number of anilines is 1. The third-order valence-corrected chi connectivity index (χ3v) is 6.00. The first kappa shape index (κ1) is 17.0. The summed E-state index contributed by atoms with van der Waals surface area (Å²) in [6, 6.07) is 1.33. The first-order chi connectivity index (χ1) is 12.5. The van der Waals surface area contributed by atoms with Crippen LogP contribution in [-0.2, 0) is 9.59 Å². The van der Waals surface area contributed by atoms with Crippen molar-refractivity contribution in [3.63, 3.8) is 0 Å². The van der Waals surface area contributed by atoms with Gasteiger partial charge in [-0.05, 0) is 50.0 Å². The van der Waals surface area contributed by atoms with Gasteiger partial charge in [-0.3, -0.25) is 9.59 Å². The Morgan fingerprint density at radius 1 is 1.15 bits per heavy atom. The molecule has 138 valence electrons. The topological polar surface area (TPSA) is 86.9 Å². The van der Waals surface area contributed by atoms with Crippen molar-refractivity contribution in [1.29, 1.82) is 0 Å². The van der Waals surface area contributed by atoms with E-state index >= 15 is 0 Å². The molecule has 0 aromatic carbocycles. The summed E-state index contributed by atoms with van der Waals surface area (Å²) in [5.74, 6) is -1.88. The molecule has 2 fully saturated rings. The number of amides is 2. The van der Waals surface area contributed by atoms with E-state index in [2.05, 4.69) is 20.6 Å². The molecule has 2 amide bonds. The SMILES string of the molecule is O=C(Nc1c[nH]c2ncc(F)cc12)C(=O)NC1CCC2(CCCC2)CC1. The molecule has 2 aromatic heterocycles. The largest absolute Gasteiger partial charge is 0.345 e. The zero-order valence-electron chi connectivity index (χ0n) is 14.6. The number of aromatic amines is 1. The summed E-state index contributed by atoms with van der Waals surface area (Å²) in [5.41, 5.74) is 1.29. The predicted octanol–water partition coefficient (Wildman–Crippen LogP) is 3.26. The Kier molecular flexibility index (Phi) is 4.38. The molecule has 4 rings (SSSR count). The zero-order chi connectivity index (χ0) is 18.1. The fraction of sp³-hybridized carbons (Fsp3) is 0.526. The third-order valence-electron chi connectivity index (χ3n) is 6.00. The molecule has 2 aromatic rings. The van der Waals surface area contributed by atoms with E-state index in [1.807, 2.05) is 0 Å². The van der Waals surface area contributed by atoms with Crippen molar-refractivity contribution in [2.24, 2.45) is 5.41 Å². The molecule has 26 heavy (non-hydrogen) atoms. The lowest BCUT2D eigenvalue weighted by atomic mass is 9.71. The number of aromatic nitrogens is 2. The summed E-state index contributed by atoms with van der Waals surface area (Å²) in [7, 11) is 0. The van der Waals surface area contributed by atoms with Gasteiger partial charge in [0.25, 0.3) is 0 Å². The lowest BCUT2D eigenvalue weighted by molar-refractivity contribution is -0.136. The molecule has 7 heteroatoms. The maximum Gasteiger partial charge on any atom is 0.313 e. The molecule has 0 saturated heterocycles. The number of nitrogens with zero attached hydrogens (tertiary/aromatic N) is 1. The fourth-order valence-electron chi connectivity index (χ4n) is 4.51. The van der Waals surface area contributed by atoms with Gasteiger partial charge < -0.3 is 15.6 Å². The minimum atomic E-state index is -0.740. The second-order valence-corrected chi connectivity index (χ2v) is 7.66. The number of hydrogen-bond acceptors (Lipinski definition) is 3. The average molecular weight is 358 g/mol. The summed E-state index contributed by atoms with van der Waals surface area (Å²) in [6.45, 7) is 0. The highest BCUT2D eigenvalue weighted by Gasteiger charge is 2.38. The molecule has 2 saturated carbocycles. The normalized spacial score (nSPS) is 19.7. The molecule has 0 bridgehead atoms. The maximum absolute atomic E-state index is 13.4. The molecular weight excluding hydrogens is 335 g/mol. The Hall–Kier alpha value is -2.44. The summed E-state index contributed by atoms with van der Waals surface area (Å²) < 4.78 is 13.4. The second-order valence-electron chi connectivity index (χ2n) is 7.66. The van der Waals surface area contributed by atoms with Crippen LogP contribution in [0.3, 0.4) is 0 Å². The van der Waals surface area contributed by atoms with E-state index in [0.717, 1.165) is 31.9 Å². The van der Waals surface area contributed by atoms with Crippen molar-refractivity contribution in [3.05, 3.63) is 24.3 Å². The van der Waals surface area contributed by atoms with Crippen molar-refractivity contribution in [2.75, 3.05) is 5.32 Å². The summed E-state index contributed by atoms with van der Waals surface area (Å²) in [6.07, 6.45) is 12.0. The molecule has 3 N–H and O–H groups in total.